The first kappa shape index (κ1) is 18.1. The summed E-state index contributed by atoms with van der Waals surface area (Å²) >= 11 is 0. The number of nitrogens with two attached hydrogens (primary N) is 1. The van der Waals surface area contributed by atoms with Crippen molar-refractivity contribution in [1.29, 1.82) is 0 Å². The van der Waals surface area contributed by atoms with Gasteiger partial charge in [-0.1, -0.05) is 48.5 Å². The molecule has 6 heteroatoms. The molecule has 0 aliphatic carbocycles. The summed E-state index contributed by atoms with van der Waals surface area (Å²) in [6, 6.07) is 18.6. The van der Waals surface area contributed by atoms with Crippen LogP contribution in [0.25, 0.3) is 0 Å². The number of aryl methyl sites for hydroxylation is 2. The van der Waals surface area contributed by atoms with Gasteiger partial charge in [0.05, 0.1) is 12.6 Å². The van der Waals surface area contributed by atoms with E-state index in [9.17, 15) is 0 Å². The van der Waals surface area contributed by atoms with Crippen molar-refractivity contribution in [1.82, 2.24) is 14.9 Å². The largest absolute Gasteiger partial charge is 0.493 e. The SMILES string of the molecule is NC(=NCc1nccn1CCc1ccccc1)NC1CCOc2ccccc21. The van der Waals surface area contributed by atoms with E-state index in [1.807, 2.05) is 36.7 Å². The number of fused-ring (bicyclic) bond motifs is 1. The van der Waals surface area contributed by atoms with Gasteiger partial charge in [0.15, 0.2) is 5.96 Å². The van der Waals surface area contributed by atoms with E-state index < -0.39 is 0 Å². The molecule has 1 atom stereocenters. The molecular formula is C22H25N5O. The molecule has 2 heterocycles. The molecule has 6 nitrogen and oxygen atoms in total. The lowest BCUT2D eigenvalue weighted by Crippen LogP contribution is -2.37. The van der Waals surface area contributed by atoms with Gasteiger partial charge in [0, 0.05) is 30.9 Å². The first-order chi connectivity index (χ1) is 13.8. The number of guanidine groups is 1. The Balaban J connectivity index is 1.37. The normalized spacial score (nSPS) is 16.3. The summed E-state index contributed by atoms with van der Waals surface area (Å²) in [4.78, 5) is 8.94. The zero-order chi connectivity index (χ0) is 19.2. The fraction of sp³-hybridized carbons (Fsp3) is 0.273. The number of hydrogen-bond acceptors (Lipinski definition) is 3. The van der Waals surface area contributed by atoms with E-state index in [-0.39, 0.29) is 6.04 Å². The highest BCUT2D eigenvalue weighted by molar-refractivity contribution is 5.78. The average Bonchev–Trinajstić information content (AvgIpc) is 3.19. The molecule has 0 saturated carbocycles. The van der Waals surface area contributed by atoms with Crippen molar-refractivity contribution in [3.05, 3.63) is 83.9 Å². The van der Waals surface area contributed by atoms with Crippen molar-refractivity contribution in [2.75, 3.05) is 6.61 Å². The Morgan fingerprint density at radius 1 is 1.18 bits per heavy atom. The Morgan fingerprint density at radius 3 is 2.89 bits per heavy atom. The number of rotatable bonds is 6. The molecule has 3 aromatic rings. The third-order valence-corrected chi connectivity index (χ3v) is 4.96. The van der Waals surface area contributed by atoms with Crippen LogP contribution in [0.5, 0.6) is 5.75 Å². The highest BCUT2D eigenvalue weighted by Crippen LogP contribution is 2.31. The van der Waals surface area contributed by atoms with Gasteiger partial charge in [-0.2, -0.15) is 0 Å². The smallest absolute Gasteiger partial charge is 0.189 e. The Kier molecular flexibility index (Phi) is 5.56. The average molecular weight is 375 g/mol. The number of para-hydroxylation sites is 1. The van der Waals surface area contributed by atoms with Gasteiger partial charge in [-0.15, -0.1) is 0 Å². The molecule has 0 spiro atoms. The number of nitrogens with one attached hydrogen (secondary N) is 1. The van der Waals surface area contributed by atoms with Crippen LogP contribution in [0.2, 0.25) is 0 Å². The summed E-state index contributed by atoms with van der Waals surface area (Å²) in [6.07, 6.45) is 5.62. The van der Waals surface area contributed by atoms with Crippen LogP contribution < -0.4 is 15.8 Å². The summed E-state index contributed by atoms with van der Waals surface area (Å²) in [6.45, 7) is 1.99. The molecule has 28 heavy (non-hydrogen) atoms. The molecule has 144 valence electrons. The third kappa shape index (κ3) is 4.34. The van der Waals surface area contributed by atoms with E-state index >= 15 is 0 Å². The number of nitrogens with zero attached hydrogens (tertiary/aromatic N) is 3. The van der Waals surface area contributed by atoms with Crippen LogP contribution in [0.1, 0.15) is 29.4 Å². The monoisotopic (exact) mass is 375 g/mol. The van der Waals surface area contributed by atoms with Crippen LogP contribution in [0.4, 0.5) is 0 Å². The summed E-state index contributed by atoms with van der Waals surface area (Å²) < 4.78 is 7.83. The summed E-state index contributed by atoms with van der Waals surface area (Å²) in [5.41, 5.74) is 8.59. The van der Waals surface area contributed by atoms with Gasteiger partial charge in [0.25, 0.3) is 0 Å². The van der Waals surface area contributed by atoms with Crippen molar-refractivity contribution in [3.63, 3.8) is 0 Å². The van der Waals surface area contributed by atoms with Crippen molar-refractivity contribution in [3.8, 4) is 5.75 Å². The van der Waals surface area contributed by atoms with Gasteiger partial charge < -0.3 is 20.4 Å². The van der Waals surface area contributed by atoms with Crippen LogP contribution >= 0.6 is 0 Å². The molecule has 4 rings (SSSR count). The molecular weight excluding hydrogens is 350 g/mol. The van der Waals surface area contributed by atoms with Gasteiger partial charge in [0.2, 0.25) is 0 Å². The number of aromatic nitrogens is 2. The Labute approximate surface area is 165 Å². The van der Waals surface area contributed by atoms with Gasteiger partial charge >= 0.3 is 0 Å². The lowest BCUT2D eigenvalue weighted by molar-refractivity contribution is 0.262. The fourth-order valence-electron chi connectivity index (χ4n) is 3.46. The first-order valence-corrected chi connectivity index (χ1v) is 9.62. The van der Waals surface area contributed by atoms with Gasteiger partial charge in [0.1, 0.15) is 18.1 Å². The molecule has 1 aliphatic heterocycles. The maximum Gasteiger partial charge on any atom is 0.189 e. The molecule has 0 amide bonds. The van der Waals surface area contributed by atoms with Gasteiger partial charge in [-0.25, -0.2) is 9.98 Å². The van der Waals surface area contributed by atoms with Crippen LogP contribution in [0, 0.1) is 0 Å². The highest BCUT2D eigenvalue weighted by atomic mass is 16.5. The zero-order valence-corrected chi connectivity index (χ0v) is 15.8. The number of imidazole rings is 1. The summed E-state index contributed by atoms with van der Waals surface area (Å²) in [5, 5.41) is 3.33. The van der Waals surface area contributed by atoms with E-state index in [0.717, 1.165) is 36.5 Å². The lowest BCUT2D eigenvalue weighted by Gasteiger charge is -2.26. The predicted octanol–water partition coefficient (Wildman–Crippen LogP) is 3.05. The van der Waals surface area contributed by atoms with Gasteiger partial charge in [-0.3, -0.25) is 0 Å². The first-order valence-electron chi connectivity index (χ1n) is 9.62. The number of aliphatic imine (C=N–C) groups is 1. The zero-order valence-electron chi connectivity index (χ0n) is 15.8. The number of benzene rings is 2. The molecule has 2 aromatic carbocycles. The molecule has 0 radical (unpaired) electrons. The van der Waals surface area contributed by atoms with Gasteiger partial charge in [-0.05, 0) is 18.1 Å². The summed E-state index contributed by atoms with van der Waals surface area (Å²) in [7, 11) is 0. The van der Waals surface area contributed by atoms with E-state index in [1.54, 1.807) is 0 Å². The van der Waals surface area contributed by atoms with E-state index in [0.29, 0.717) is 19.1 Å². The molecule has 0 bridgehead atoms. The molecule has 3 N–H and O–H groups in total. The number of ether oxygens (including phenoxy) is 1. The second-order valence-electron chi connectivity index (χ2n) is 6.85. The minimum atomic E-state index is 0.117. The second-order valence-corrected chi connectivity index (χ2v) is 6.85. The second kappa shape index (κ2) is 8.61. The van der Waals surface area contributed by atoms with Crippen molar-refractivity contribution in [2.24, 2.45) is 10.7 Å². The van der Waals surface area contributed by atoms with E-state index in [1.165, 1.54) is 5.56 Å². The molecule has 1 unspecified atom stereocenters. The highest BCUT2D eigenvalue weighted by Gasteiger charge is 2.21. The molecule has 1 aliphatic rings. The van der Waals surface area contributed by atoms with Crippen LogP contribution in [0.3, 0.4) is 0 Å². The quantitative estimate of drug-likeness (QED) is 0.513. The minimum absolute atomic E-state index is 0.117. The molecule has 0 fully saturated rings. The van der Waals surface area contributed by atoms with Crippen LogP contribution in [0.15, 0.2) is 72.0 Å². The third-order valence-electron chi connectivity index (χ3n) is 4.96. The van der Waals surface area contributed by atoms with Crippen LogP contribution in [-0.4, -0.2) is 22.1 Å². The maximum absolute atomic E-state index is 6.15. The topological polar surface area (TPSA) is 77.5 Å². The standard InChI is InChI=1S/C22H25N5O/c23-22(26-19-11-15-28-20-9-5-4-8-18(19)20)25-16-21-24-12-14-27(21)13-10-17-6-2-1-3-7-17/h1-9,12,14,19H,10-11,13,15-16H2,(H3,23,25,26). The van der Waals surface area contributed by atoms with E-state index in [4.69, 9.17) is 10.5 Å². The fourth-order valence-corrected chi connectivity index (χ4v) is 3.46. The van der Waals surface area contributed by atoms with Crippen molar-refractivity contribution >= 4 is 5.96 Å². The predicted molar refractivity (Wildman–Crippen MR) is 110 cm³/mol. The lowest BCUT2D eigenvalue weighted by atomic mass is 10.0. The molecule has 0 saturated heterocycles. The minimum Gasteiger partial charge on any atom is -0.493 e. The Morgan fingerprint density at radius 2 is 2.00 bits per heavy atom. The maximum atomic E-state index is 6.15. The summed E-state index contributed by atoms with van der Waals surface area (Å²) in [5.74, 6) is 2.25. The number of hydrogen-bond donors (Lipinski definition) is 2. The Bertz CT molecular complexity index is 935. The Hall–Kier alpha value is -3.28. The molecule has 1 aromatic heterocycles. The van der Waals surface area contributed by atoms with Crippen molar-refractivity contribution < 1.29 is 4.74 Å². The van der Waals surface area contributed by atoms with Crippen molar-refractivity contribution in [2.45, 2.75) is 32.0 Å². The van der Waals surface area contributed by atoms with E-state index in [2.05, 4.69) is 50.2 Å². The van der Waals surface area contributed by atoms with Crippen LogP contribution in [-0.2, 0) is 19.5 Å².